The number of carbonyl (C=O) groups is 2. The van der Waals surface area contributed by atoms with Gasteiger partial charge in [0, 0.05) is 16.2 Å². The van der Waals surface area contributed by atoms with Crippen LogP contribution in [0.4, 0.5) is 0 Å². The number of esters is 2. The van der Waals surface area contributed by atoms with Crippen molar-refractivity contribution in [2.24, 2.45) is 45.8 Å². The van der Waals surface area contributed by atoms with Crippen LogP contribution < -0.4 is 0 Å². The molecule has 0 aliphatic heterocycles. The second-order valence-corrected chi connectivity index (χ2v) is 18.5. The first-order chi connectivity index (χ1) is 21.2. The number of aliphatic hydroxyl groups excluding tert-OH is 4. The summed E-state index contributed by atoms with van der Waals surface area (Å²) in [6.07, 6.45) is 2.45. The van der Waals surface area contributed by atoms with E-state index in [2.05, 4.69) is 26.8 Å². The van der Waals surface area contributed by atoms with Crippen LogP contribution in [-0.2, 0) is 19.1 Å². The third-order valence-electron chi connectivity index (χ3n) is 13.6. The Kier molecular flexibility index (Phi) is 9.52. The smallest absolute Gasteiger partial charge is 0.333 e. The van der Waals surface area contributed by atoms with Crippen molar-refractivity contribution in [3.05, 3.63) is 23.3 Å². The van der Waals surface area contributed by atoms with Crippen LogP contribution in [-0.4, -0.2) is 79.0 Å². The maximum atomic E-state index is 13.3. The Morgan fingerprint density at radius 1 is 1.00 bits per heavy atom. The molecule has 260 valence electrons. The molecule has 5 rings (SSSR count). The molecule has 10 heteroatoms. The van der Waals surface area contributed by atoms with Crippen LogP contribution in [0.2, 0.25) is 0 Å². The zero-order valence-corrected chi connectivity index (χ0v) is 30.5. The molecule has 0 heterocycles. The SMILES string of the molecule is C/C=C(/C)C(=O)O[C@H]1C(OC(=O)C(C)C)[C@@]2(CO)C(C[C@]1(C)S)C1=CCC3[C@@](C)(CCC4[C@]3(C)CC[C@H](O)[C@@]4(C)S)C1[C@@H](O)[C@H]2O. The topological polar surface area (TPSA) is 134 Å². The number of allylic oxidation sites excluding steroid dienone is 2. The summed E-state index contributed by atoms with van der Waals surface area (Å²) in [5.41, 5.74) is -0.727. The summed E-state index contributed by atoms with van der Waals surface area (Å²) < 4.78 is 10.7. The summed E-state index contributed by atoms with van der Waals surface area (Å²) in [6, 6.07) is 0. The molecule has 0 aromatic carbocycles. The van der Waals surface area contributed by atoms with Crippen molar-refractivity contribution in [3.63, 3.8) is 0 Å². The molecule has 8 nitrogen and oxygen atoms in total. The maximum Gasteiger partial charge on any atom is 0.333 e. The molecule has 5 aliphatic carbocycles. The van der Waals surface area contributed by atoms with E-state index in [0.29, 0.717) is 18.4 Å². The van der Waals surface area contributed by atoms with Gasteiger partial charge in [-0.3, -0.25) is 4.79 Å². The number of hydrogen-bond acceptors (Lipinski definition) is 10. The van der Waals surface area contributed by atoms with Crippen LogP contribution in [0, 0.1) is 45.8 Å². The molecule has 0 spiro atoms. The molecule has 0 radical (unpaired) electrons. The molecule has 0 amide bonds. The largest absolute Gasteiger partial charge is 0.457 e. The average molecular weight is 681 g/mol. The van der Waals surface area contributed by atoms with Gasteiger partial charge in [-0.25, -0.2) is 4.79 Å². The highest BCUT2D eigenvalue weighted by Crippen LogP contribution is 2.71. The predicted molar refractivity (Wildman–Crippen MR) is 182 cm³/mol. The van der Waals surface area contributed by atoms with Crippen molar-refractivity contribution < 1.29 is 39.5 Å². The minimum absolute atomic E-state index is 0.134. The number of ether oxygens (including phenoxy) is 2. The van der Waals surface area contributed by atoms with E-state index in [1.165, 1.54) is 0 Å². The maximum absolute atomic E-state index is 13.3. The summed E-state index contributed by atoms with van der Waals surface area (Å²) in [5.74, 6) is -2.22. The van der Waals surface area contributed by atoms with Crippen molar-refractivity contribution in [1.29, 1.82) is 0 Å². The Balaban J connectivity index is 1.64. The van der Waals surface area contributed by atoms with Crippen LogP contribution >= 0.6 is 25.3 Å². The molecule has 0 saturated heterocycles. The quantitative estimate of drug-likeness (QED) is 0.107. The summed E-state index contributed by atoms with van der Waals surface area (Å²) in [7, 11) is 0. The Labute approximate surface area is 285 Å². The first-order valence-electron chi connectivity index (χ1n) is 17.1. The summed E-state index contributed by atoms with van der Waals surface area (Å²) >= 11 is 10.1. The first-order valence-corrected chi connectivity index (χ1v) is 18.0. The summed E-state index contributed by atoms with van der Waals surface area (Å²) in [4.78, 5) is 26.4. The Morgan fingerprint density at radius 3 is 2.22 bits per heavy atom. The molecule has 5 aliphatic rings. The normalized spacial score (nSPS) is 50.4. The lowest BCUT2D eigenvalue weighted by Gasteiger charge is -2.69. The number of fused-ring (bicyclic) bond motifs is 7. The Bertz CT molecular complexity index is 1290. The van der Waals surface area contributed by atoms with E-state index in [9.17, 15) is 30.0 Å². The first kappa shape index (κ1) is 36.2. The van der Waals surface area contributed by atoms with Gasteiger partial charge in [0.2, 0.25) is 0 Å². The molecule has 4 saturated carbocycles. The van der Waals surface area contributed by atoms with Gasteiger partial charge in [-0.1, -0.05) is 45.4 Å². The third kappa shape index (κ3) is 5.09. The molecule has 0 aromatic rings. The number of carbonyl (C=O) groups excluding carboxylic acids is 2. The minimum Gasteiger partial charge on any atom is -0.457 e. The van der Waals surface area contributed by atoms with Crippen LogP contribution in [0.25, 0.3) is 0 Å². The van der Waals surface area contributed by atoms with Gasteiger partial charge in [0.1, 0.15) is 0 Å². The molecule has 0 bridgehead atoms. The molecule has 4 N–H and O–H groups in total. The standard InChI is InChI=1S/C36H56O8S2/c1-9-19(4)31(42)43-28-29(44-30(41)18(2)3)36(17-37)21(16-34(28,7)45)20-10-11-22-32(5)15-13-24(38)35(8,46)23(32)12-14-33(22,6)25(20)26(39)27(36)40/h9-10,18,21-29,37-40,45-46H,11-17H2,1-8H3/b19-9-/t21?,22?,23?,24-,25?,26+,27+,28-,29?,32+,33+,34-,35-,36-/m0/s1. The van der Waals surface area contributed by atoms with Crippen LogP contribution in [0.15, 0.2) is 23.3 Å². The van der Waals surface area contributed by atoms with Crippen molar-refractivity contribution in [1.82, 2.24) is 0 Å². The summed E-state index contributed by atoms with van der Waals surface area (Å²) in [5, 5.41) is 46.9. The summed E-state index contributed by atoms with van der Waals surface area (Å²) in [6.45, 7) is 14.6. The second-order valence-electron chi connectivity index (χ2n) is 16.5. The van der Waals surface area contributed by atoms with E-state index < -0.39 is 81.7 Å². The van der Waals surface area contributed by atoms with Crippen molar-refractivity contribution in [3.8, 4) is 0 Å². The fourth-order valence-electron chi connectivity index (χ4n) is 10.9. The van der Waals surface area contributed by atoms with E-state index in [-0.39, 0.29) is 22.7 Å². The number of hydrogen-bond donors (Lipinski definition) is 6. The molecule has 4 fully saturated rings. The van der Waals surface area contributed by atoms with Gasteiger partial charge in [0.05, 0.1) is 41.0 Å². The molecule has 14 atom stereocenters. The lowest BCUT2D eigenvalue weighted by molar-refractivity contribution is -0.261. The highest BCUT2D eigenvalue weighted by molar-refractivity contribution is 7.82. The number of rotatable bonds is 5. The van der Waals surface area contributed by atoms with Crippen molar-refractivity contribution in [2.45, 2.75) is 134 Å². The molecule has 5 unspecified atom stereocenters. The Hall–Kier alpha value is -1.04. The highest BCUT2D eigenvalue weighted by Gasteiger charge is 2.73. The van der Waals surface area contributed by atoms with Gasteiger partial charge in [0.25, 0.3) is 0 Å². The van der Waals surface area contributed by atoms with Crippen LogP contribution in [0.5, 0.6) is 0 Å². The van der Waals surface area contributed by atoms with Gasteiger partial charge < -0.3 is 29.9 Å². The zero-order chi connectivity index (χ0) is 34.4. The van der Waals surface area contributed by atoms with E-state index >= 15 is 0 Å². The number of aliphatic hydroxyl groups is 4. The van der Waals surface area contributed by atoms with Crippen molar-refractivity contribution in [2.75, 3.05) is 6.61 Å². The van der Waals surface area contributed by atoms with Gasteiger partial charge in [-0.15, -0.1) is 0 Å². The highest BCUT2D eigenvalue weighted by atomic mass is 32.1. The van der Waals surface area contributed by atoms with Gasteiger partial charge >= 0.3 is 11.9 Å². The predicted octanol–water partition coefficient (Wildman–Crippen LogP) is 4.68. The van der Waals surface area contributed by atoms with Gasteiger partial charge in [0.15, 0.2) is 12.2 Å². The Morgan fingerprint density at radius 2 is 1.63 bits per heavy atom. The lowest BCUT2D eigenvalue weighted by Crippen LogP contribution is -2.75. The van der Waals surface area contributed by atoms with E-state index in [1.54, 1.807) is 33.8 Å². The zero-order valence-electron chi connectivity index (χ0n) is 28.7. The second kappa shape index (κ2) is 12.1. The third-order valence-corrected chi connectivity index (χ3v) is 14.7. The van der Waals surface area contributed by atoms with E-state index in [0.717, 1.165) is 31.3 Å². The molecule has 46 heavy (non-hydrogen) atoms. The van der Waals surface area contributed by atoms with Crippen LogP contribution in [0.3, 0.4) is 0 Å². The van der Waals surface area contributed by atoms with E-state index in [1.807, 2.05) is 6.92 Å². The molecular weight excluding hydrogens is 625 g/mol. The lowest BCUT2D eigenvalue weighted by atomic mass is 9.37. The molecule has 0 aromatic heterocycles. The van der Waals surface area contributed by atoms with Crippen LogP contribution in [0.1, 0.15) is 93.9 Å². The number of thiol groups is 2. The van der Waals surface area contributed by atoms with E-state index in [4.69, 9.17) is 34.7 Å². The fraction of sp³-hybridized carbons (Fsp3) is 0.833. The average Bonchev–Trinajstić information content (AvgIpc) is 2.98. The fourth-order valence-corrected chi connectivity index (χ4v) is 11.8. The monoisotopic (exact) mass is 680 g/mol. The van der Waals surface area contributed by atoms with Crippen molar-refractivity contribution >= 4 is 37.2 Å². The molecular formula is C36H56O8S2. The van der Waals surface area contributed by atoms with Gasteiger partial charge in [-0.05, 0) is 94.8 Å². The minimum atomic E-state index is -1.54. The van der Waals surface area contributed by atoms with Gasteiger partial charge in [-0.2, -0.15) is 25.3 Å².